The van der Waals surface area contributed by atoms with E-state index in [0.29, 0.717) is 13.1 Å². The predicted molar refractivity (Wildman–Crippen MR) is 70.8 cm³/mol. The molecule has 1 aromatic carbocycles. The van der Waals surface area contributed by atoms with E-state index in [1.807, 2.05) is 0 Å². The van der Waals surface area contributed by atoms with Gasteiger partial charge in [-0.3, -0.25) is 0 Å². The molecule has 116 valence electrons. The molecule has 1 unspecified atom stereocenters. The molecule has 1 atom stereocenters. The Morgan fingerprint density at radius 2 is 1.95 bits per heavy atom. The van der Waals surface area contributed by atoms with Gasteiger partial charge in [-0.2, -0.15) is 13.2 Å². The van der Waals surface area contributed by atoms with Gasteiger partial charge in [-0.15, -0.1) is 0 Å². The van der Waals surface area contributed by atoms with Crippen molar-refractivity contribution in [1.82, 2.24) is 10.2 Å². The quantitative estimate of drug-likeness (QED) is 0.899. The van der Waals surface area contributed by atoms with Crippen molar-refractivity contribution in [2.75, 3.05) is 19.6 Å². The van der Waals surface area contributed by atoms with Crippen LogP contribution in [0, 0.1) is 0 Å². The standard InChI is InChI=1S/C14H17F3N2O2/c1-9(20)6-18-13(21)19-7-11(8-19)10-2-4-12(5-3-10)14(15,16)17/h2-5,9,11,20H,6-8H2,1H3,(H,18,21). The average Bonchev–Trinajstić information content (AvgIpc) is 2.34. The van der Waals surface area contributed by atoms with Crippen LogP contribution in [0.2, 0.25) is 0 Å². The first-order valence-electron chi connectivity index (χ1n) is 6.65. The molecule has 2 amide bonds. The maximum absolute atomic E-state index is 12.5. The van der Waals surface area contributed by atoms with Crippen molar-refractivity contribution in [3.63, 3.8) is 0 Å². The van der Waals surface area contributed by atoms with E-state index in [4.69, 9.17) is 5.11 Å². The van der Waals surface area contributed by atoms with Crippen LogP contribution in [0.3, 0.4) is 0 Å². The first-order valence-corrected chi connectivity index (χ1v) is 6.65. The zero-order valence-electron chi connectivity index (χ0n) is 11.5. The summed E-state index contributed by atoms with van der Waals surface area (Å²) in [7, 11) is 0. The van der Waals surface area contributed by atoms with E-state index in [2.05, 4.69) is 5.32 Å². The molecule has 1 fully saturated rings. The Hall–Kier alpha value is -1.76. The SMILES string of the molecule is CC(O)CNC(=O)N1CC(c2ccc(C(F)(F)F)cc2)C1. The van der Waals surface area contributed by atoms with Crippen molar-refractivity contribution in [2.45, 2.75) is 25.1 Å². The first kappa shape index (κ1) is 15.6. The summed E-state index contributed by atoms with van der Waals surface area (Å²) >= 11 is 0. The molecule has 2 N–H and O–H groups in total. The molecule has 7 heteroatoms. The Morgan fingerprint density at radius 1 is 1.38 bits per heavy atom. The highest BCUT2D eigenvalue weighted by Crippen LogP contribution is 2.32. The minimum Gasteiger partial charge on any atom is -0.392 e. The van der Waals surface area contributed by atoms with E-state index >= 15 is 0 Å². The van der Waals surface area contributed by atoms with E-state index in [9.17, 15) is 18.0 Å². The largest absolute Gasteiger partial charge is 0.416 e. The van der Waals surface area contributed by atoms with Gasteiger partial charge in [0.25, 0.3) is 0 Å². The highest BCUT2D eigenvalue weighted by atomic mass is 19.4. The minimum absolute atomic E-state index is 0.0598. The normalized spacial score (nSPS) is 17.3. The van der Waals surface area contributed by atoms with Gasteiger partial charge >= 0.3 is 12.2 Å². The molecule has 1 aliphatic rings. The van der Waals surface area contributed by atoms with E-state index < -0.39 is 17.8 Å². The third kappa shape index (κ3) is 3.87. The number of likely N-dealkylation sites (tertiary alicyclic amines) is 1. The fourth-order valence-corrected chi connectivity index (χ4v) is 2.15. The predicted octanol–water partition coefficient (Wildman–Crippen LogP) is 2.20. The fraction of sp³-hybridized carbons (Fsp3) is 0.500. The van der Waals surface area contributed by atoms with Crippen molar-refractivity contribution < 1.29 is 23.1 Å². The molecule has 1 aliphatic heterocycles. The summed E-state index contributed by atoms with van der Waals surface area (Å²) in [6.45, 7) is 2.69. The lowest BCUT2D eigenvalue weighted by atomic mass is 9.91. The number of hydrogen-bond acceptors (Lipinski definition) is 2. The van der Waals surface area contributed by atoms with Gasteiger partial charge in [0.2, 0.25) is 0 Å². The Bertz CT molecular complexity index is 494. The number of aliphatic hydroxyl groups excluding tert-OH is 1. The summed E-state index contributed by atoms with van der Waals surface area (Å²) in [4.78, 5) is 13.2. The Labute approximate surface area is 120 Å². The van der Waals surface area contributed by atoms with Gasteiger partial charge in [0.05, 0.1) is 11.7 Å². The first-order chi connectivity index (χ1) is 9.77. The molecule has 0 saturated carbocycles. The van der Waals surface area contributed by atoms with Crippen LogP contribution in [0.15, 0.2) is 24.3 Å². The Kier molecular flexibility index (Phi) is 4.41. The van der Waals surface area contributed by atoms with Gasteiger partial charge in [0.15, 0.2) is 0 Å². The number of amides is 2. The molecule has 0 bridgehead atoms. The van der Waals surface area contributed by atoms with E-state index in [0.717, 1.165) is 17.7 Å². The average molecular weight is 302 g/mol. The number of alkyl halides is 3. The molecule has 21 heavy (non-hydrogen) atoms. The smallest absolute Gasteiger partial charge is 0.392 e. The summed E-state index contributed by atoms with van der Waals surface area (Å²) in [5.41, 5.74) is 0.125. The number of rotatable bonds is 3. The number of carbonyl (C=O) groups is 1. The van der Waals surface area contributed by atoms with Crippen LogP contribution in [-0.4, -0.2) is 41.8 Å². The fourth-order valence-electron chi connectivity index (χ4n) is 2.15. The van der Waals surface area contributed by atoms with Gasteiger partial charge in [0, 0.05) is 25.6 Å². The number of urea groups is 1. The number of nitrogens with zero attached hydrogens (tertiary/aromatic N) is 1. The summed E-state index contributed by atoms with van der Waals surface area (Å²) in [6, 6.07) is 4.77. The van der Waals surface area contributed by atoms with Crippen LogP contribution in [0.25, 0.3) is 0 Å². The second kappa shape index (κ2) is 5.93. The molecule has 1 aromatic rings. The zero-order chi connectivity index (χ0) is 15.6. The van der Waals surface area contributed by atoms with Gasteiger partial charge < -0.3 is 15.3 Å². The van der Waals surface area contributed by atoms with E-state index in [-0.39, 0.29) is 18.5 Å². The van der Waals surface area contributed by atoms with Crippen molar-refractivity contribution in [3.05, 3.63) is 35.4 Å². The third-order valence-corrected chi connectivity index (χ3v) is 3.43. The maximum atomic E-state index is 12.5. The number of carbonyl (C=O) groups excluding carboxylic acids is 1. The van der Waals surface area contributed by atoms with Gasteiger partial charge in [0.1, 0.15) is 0 Å². The maximum Gasteiger partial charge on any atom is 0.416 e. The second-order valence-corrected chi connectivity index (χ2v) is 5.26. The van der Waals surface area contributed by atoms with Crippen molar-refractivity contribution in [2.24, 2.45) is 0 Å². The van der Waals surface area contributed by atoms with Crippen LogP contribution >= 0.6 is 0 Å². The monoisotopic (exact) mass is 302 g/mol. The lowest BCUT2D eigenvalue weighted by Gasteiger charge is -2.39. The molecule has 0 aliphatic carbocycles. The molecule has 0 spiro atoms. The molecule has 4 nitrogen and oxygen atoms in total. The molecule has 1 saturated heterocycles. The topological polar surface area (TPSA) is 52.6 Å². The van der Waals surface area contributed by atoms with Crippen molar-refractivity contribution in [1.29, 1.82) is 0 Å². The highest BCUT2D eigenvalue weighted by molar-refractivity contribution is 5.75. The molecular formula is C14H17F3N2O2. The minimum atomic E-state index is -4.33. The summed E-state index contributed by atoms with van der Waals surface area (Å²) in [5, 5.41) is 11.6. The van der Waals surface area contributed by atoms with Crippen LogP contribution in [0.1, 0.15) is 24.0 Å². The summed E-state index contributed by atoms with van der Waals surface area (Å²) < 4.78 is 37.4. The summed E-state index contributed by atoms with van der Waals surface area (Å²) in [5.74, 6) is 0.0598. The molecule has 0 aromatic heterocycles. The zero-order valence-corrected chi connectivity index (χ0v) is 11.5. The molecular weight excluding hydrogens is 285 g/mol. The molecule has 2 rings (SSSR count). The molecule has 1 heterocycles. The number of benzene rings is 1. The van der Waals surface area contributed by atoms with Crippen LogP contribution in [0.4, 0.5) is 18.0 Å². The van der Waals surface area contributed by atoms with Crippen molar-refractivity contribution >= 4 is 6.03 Å². The third-order valence-electron chi connectivity index (χ3n) is 3.43. The van der Waals surface area contributed by atoms with Crippen molar-refractivity contribution in [3.8, 4) is 0 Å². The lowest BCUT2D eigenvalue weighted by Crippen LogP contribution is -2.53. The number of hydrogen-bond donors (Lipinski definition) is 2. The molecule has 0 radical (unpaired) electrons. The van der Waals surface area contributed by atoms with Gasteiger partial charge in [-0.1, -0.05) is 12.1 Å². The van der Waals surface area contributed by atoms with Crippen LogP contribution in [0.5, 0.6) is 0 Å². The highest BCUT2D eigenvalue weighted by Gasteiger charge is 2.33. The van der Waals surface area contributed by atoms with E-state index in [1.54, 1.807) is 11.8 Å². The van der Waals surface area contributed by atoms with E-state index in [1.165, 1.54) is 12.1 Å². The Balaban J connectivity index is 1.85. The van der Waals surface area contributed by atoms with Crippen LogP contribution < -0.4 is 5.32 Å². The number of nitrogens with one attached hydrogen (secondary N) is 1. The number of halogens is 3. The Morgan fingerprint density at radius 3 is 2.43 bits per heavy atom. The van der Waals surface area contributed by atoms with Gasteiger partial charge in [-0.25, -0.2) is 4.79 Å². The number of aliphatic hydroxyl groups is 1. The summed E-state index contributed by atoms with van der Waals surface area (Å²) in [6.07, 6.45) is -4.94. The van der Waals surface area contributed by atoms with Crippen LogP contribution in [-0.2, 0) is 6.18 Å². The second-order valence-electron chi connectivity index (χ2n) is 5.26. The van der Waals surface area contributed by atoms with Gasteiger partial charge in [-0.05, 0) is 24.6 Å². The lowest BCUT2D eigenvalue weighted by molar-refractivity contribution is -0.137.